The van der Waals surface area contributed by atoms with Crippen LogP contribution in [0.1, 0.15) is 12.8 Å². The average Bonchev–Trinajstić information content (AvgIpc) is 2.29. The van der Waals surface area contributed by atoms with Crippen LogP contribution in [-0.2, 0) is 9.59 Å². The number of hydrazone groups is 1. The van der Waals surface area contributed by atoms with Crippen molar-refractivity contribution in [1.29, 1.82) is 0 Å². The van der Waals surface area contributed by atoms with Crippen molar-refractivity contribution in [1.82, 2.24) is 10.3 Å². The Morgan fingerprint density at radius 2 is 2.12 bits per heavy atom. The summed E-state index contributed by atoms with van der Waals surface area (Å²) in [6.07, 6.45) is 0.518. The van der Waals surface area contributed by atoms with Crippen molar-refractivity contribution in [3.8, 4) is 0 Å². The van der Waals surface area contributed by atoms with Crippen LogP contribution in [0, 0.1) is 0 Å². The van der Waals surface area contributed by atoms with Gasteiger partial charge in [-0.2, -0.15) is 5.10 Å². The Kier molecular flexibility index (Phi) is 4.39. The topological polar surface area (TPSA) is 102 Å². The quantitative estimate of drug-likeness (QED) is 0.522. The van der Waals surface area contributed by atoms with Gasteiger partial charge in [0, 0.05) is 19.9 Å². The van der Waals surface area contributed by atoms with Gasteiger partial charge in [-0.15, -0.1) is 0 Å². The van der Waals surface area contributed by atoms with Gasteiger partial charge in [0.15, 0.2) is 0 Å². The molecule has 1 heterocycles. The normalized spacial score (nSPS) is 16.4. The molecule has 7 heteroatoms. The number of hydrogen-bond donors (Lipinski definition) is 3. The van der Waals surface area contributed by atoms with Crippen LogP contribution in [0.2, 0.25) is 0 Å². The molecule has 0 fully saturated rings. The molecule has 0 saturated heterocycles. The van der Waals surface area contributed by atoms with Crippen LogP contribution in [0.4, 0.5) is 0 Å². The molecule has 0 saturated carbocycles. The lowest BCUT2D eigenvalue weighted by molar-refractivity contribution is -0.130. The first-order valence-electron chi connectivity index (χ1n) is 4.95. The Bertz CT molecular complexity index is 312. The van der Waals surface area contributed by atoms with Crippen molar-refractivity contribution in [2.75, 3.05) is 20.3 Å². The zero-order chi connectivity index (χ0) is 12.1. The third-order valence-corrected chi connectivity index (χ3v) is 2.25. The lowest BCUT2D eigenvalue weighted by Crippen LogP contribution is -2.45. The highest BCUT2D eigenvalue weighted by Gasteiger charge is 2.23. The summed E-state index contributed by atoms with van der Waals surface area (Å²) >= 11 is 0. The molecule has 3 N–H and O–H groups in total. The number of hydrogen-bond acceptors (Lipinski definition) is 5. The van der Waals surface area contributed by atoms with Gasteiger partial charge in [-0.25, -0.2) is 5.01 Å². The van der Waals surface area contributed by atoms with Gasteiger partial charge >= 0.3 is 0 Å². The van der Waals surface area contributed by atoms with E-state index in [-0.39, 0.29) is 37.7 Å². The summed E-state index contributed by atoms with van der Waals surface area (Å²) in [6, 6.07) is -0.696. The number of carbonyl (C=O) groups is 2. The second-order valence-electron chi connectivity index (χ2n) is 3.50. The fourth-order valence-corrected chi connectivity index (χ4v) is 1.25. The molecule has 0 bridgehead atoms. The molecule has 1 aliphatic rings. The zero-order valence-corrected chi connectivity index (χ0v) is 9.01. The van der Waals surface area contributed by atoms with E-state index in [9.17, 15) is 9.59 Å². The number of carbonyl (C=O) groups excluding carboxylic acids is 2. The first-order valence-corrected chi connectivity index (χ1v) is 4.95. The van der Waals surface area contributed by atoms with Gasteiger partial charge in [0.05, 0.1) is 19.3 Å². The molecule has 16 heavy (non-hydrogen) atoms. The van der Waals surface area contributed by atoms with E-state index in [0.717, 1.165) is 5.01 Å². The predicted octanol–water partition coefficient (Wildman–Crippen LogP) is -1.94. The van der Waals surface area contributed by atoms with Crippen molar-refractivity contribution < 1.29 is 19.8 Å². The summed E-state index contributed by atoms with van der Waals surface area (Å²) in [7, 11) is 1.48. The van der Waals surface area contributed by atoms with E-state index in [1.165, 1.54) is 7.05 Å². The van der Waals surface area contributed by atoms with E-state index in [1.807, 2.05) is 0 Å². The molecule has 0 unspecified atom stereocenters. The van der Waals surface area contributed by atoms with Crippen molar-refractivity contribution in [2.24, 2.45) is 5.10 Å². The van der Waals surface area contributed by atoms with Crippen molar-refractivity contribution in [2.45, 2.75) is 18.9 Å². The minimum atomic E-state index is -0.696. The fourth-order valence-electron chi connectivity index (χ4n) is 1.25. The van der Waals surface area contributed by atoms with Crippen molar-refractivity contribution >= 4 is 17.5 Å². The molecule has 1 aliphatic heterocycles. The maximum Gasteiger partial charge on any atom is 0.267 e. The van der Waals surface area contributed by atoms with Crippen LogP contribution in [0.15, 0.2) is 5.10 Å². The molecule has 0 aromatic carbocycles. The molecule has 0 spiro atoms. The van der Waals surface area contributed by atoms with Gasteiger partial charge in [-0.05, 0) is 0 Å². The van der Waals surface area contributed by atoms with Crippen LogP contribution in [-0.4, -0.2) is 59.1 Å². The van der Waals surface area contributed by atoms with Crippen LogP contribution in [0.3, 0.4) is 0 Å². The first kappa shape index (κ1) is 12.6. The van der Waals surface area contributed by atoms with E-state index in [0.29, 0.717) is 0 Å². The number of aliphatic hydroxyl groups excluding tert-OH is 2. The Morgan fingerprint density at radius 1 is 1.50 bits per heavy atom. The molecule has 0 aliphatic carbocycles. The maximum atomic E-state index is 11.6. The van der Waals surface area contributed by atoms with E-state index in [4.69, 9.17) is 10.2 Å². The lowest BCUT2D eigenvalue weighted by Gasteiger charge is -2.20. The largest absolute Gasteiger partial charge is 0.394 e. The minimum absolute atomic E-state index is 0.141. The summed E-state index contributed by atoms with van der Waals surface area (Å²) in [5.41, 5.74) is 0.231. The fraction of sp³-hybridized carbons (Fsp3) is 0.667. The molecule has 90 valence electrons. The van der Waals surface area contributed by atoms with Gasteiger partial charge in [0.1, 0.15) is 5.71 Å². The molecule has 0 radical (unpaired) electrons. The van der Waals surface area contributed by atoms with Gasteiger partial charge in [-0.1, -0.05) is 0 Å². The Balaban J connectivity index is 2.61. The number of nitrogens with one attached hydrogen (secondary N) is 1. The van der Waals surface area contributed by atoms with E-state index in [2.05, 4.69) is 10.4 Å². The highest BCUT2D eigenvalue weighted by atomic mass is 16.3. The van der Waals surface area contributed by atoms with E-state index in [1.54, 1.807) is 0 Å². The Morgan fingerprint density at radius 3 is 2.62 bits per heavy atom. The van der Waals surface area contributed by atoms with Gasteiger partial charge in [0.2, 0.25) is 5.91 Å². The summed E-state index contributed by atoms with van der Waals surface area (Å²) < 4.78 is 0. The summed E-state index contributed by atoms with van der Waals surface area (Å²) in [4.78, 5) is 22.7. The van der Waals surface area contributed by atoms with Crippen LogP contribution in [0.25, 0.3) is 0 Å². The van der Waals surface area contributed by atoms with Crippen LogP contribution < -0.4 is 5.32 Å². The first-order chi connectivity index (χ1) is 7.58. The Hall–Kier alpha value is -1.47. The van der Waals surface area contributed by atoms with Gasteiger partial charge in [-0.3, -0.25) is 9.59 Å². The summed E-state index contributed by atoms with van der Waals surface area (Å²) in [5.74, 6) is -0.607. The monoisotopic (exact) mass is 229 g/mol. The molecular formula is C9H15N3O4. The van der Waals surface area contributed by atoms with Crippen LogP contribution in [0.5, 0.6) is 0 Å². The SMILES string of the molecule is CN1N=C(C(=O)NC(CO)CO)CCC1=O. The molecule has 2 amide bonds. The predicted molar refractivity (Wildman–Crippen MR) is 55.5 cm³/mol. The maximum absolute atomic E-state index is 11.6. The smallest absolute Gasteiger partial charge is 0.267 e. The lowest BCUT2D eigenvalue weighted by atomic mass is 10.1. The molecule has 1 rings (SSSR count). The standard InChI is InChI=1S/C9H15N3O4/c1-12-8(15)3-2-7(11-12)9(16)10-6(4-13)5-14/h6,13-14H,2-5H2,1H3,(H,10,16). The third-order valence-electron chi connectivity index (χ3n) is 2.25. The van der Waals surface area contributed by atoms with Crippen LogP contribution >= 0.6 is 0 Å². The molecule has 0 aromatic rings. The second kappa shape index (κ2) is 5.57. The zero-order valence-electron chi connectivity index (χ0n) is 9.01. The molecule has 0 aromatic heterocycles. The number of nitrogens with zero attached hydrogens (tertiary/aromatic N) is 2. The highest BCUT2D eigenvalue weighted by Crippen LogP contribution is 2.06. The summed E-state index contributed by atoms with van der Waals surface area (Å²) in [6.45, 7) is -0.686. The van der Waals surface area contributed by atoms with Gasteiger partial charge < -0.3 is 15.5 Å². The molecule has 0 atom stereocenters. The van der Waals surface area contributed by atoms with E-state index < -0.39 is 11.9 Å². The average molecular weight is 229 g/mol. The van der Waals surface area contributed by atoms with Gasteiger partial charge in [0.25, 0.3) is 5.91 Å². The molecular weight excluding hydrogens is 214 g/mol. The van der Waals surface area contributed by atoms with E-state index >= 15 is 0 Å². The van der Waals surface area contributed by atoms with Crippen molar-refractivity contribution in [3.63, 3.8) is 0 Å². The van der Waals surface area contributed by atoms with Crippen molar-refractivity contribution in [3.05, 3.63) is 0 Å². The summed E-state index contributed by atoms with van der Waals surface area (Å²) in [5, 5.41) is 24.9. The second-order valence-corrected chi connectivity index (χ2v) is 3.50. The highest BCUT2D eigenvalue weighted by molar-refractivity contribution is 6.39. The third kappa shape index (κ3) is 3.01. The molecule has 7 nitrogen and oxygen atoms in total. The minimum Gasteiger partial charge on any atom is -0.394 e. The number of rotatable bonds is 4. The number of amides is 2. The number of aliphatic hydroxyl groups is 2. The Labute approximate surface area is 92.7 Å².